The van der Waals surface area contributed by atoms with E-state index < -0.39 is 17.5 Å². The van der Waals surface area contributed by atoms with Crippen LogP contribution in [0.2, 0.25) is 0 Å². The normalized spacial score (nSPS) is 17.4. The number of benzene rings is 1. The Labute approximate surface area is 260 Å². The molecule has 0 aliphatic carbocycles. The zero-order valence-corrected chi connectivity index (χ0v) is 25.3. The smallest absolute Gasteiger partial charge is 0.265 e. The lowest BCUT2D eigenvalue weighted by atomic mass is 9.91. The summed E-state index contributed by atoms with van der Waals surface area (Å²) in [7, 11) is 0. The number of ether oxygens (including phenoxy) is 2. The Bertz CT molecular complexity index is 1660. The summed E-state index contributed by atoms with van der Waals surface area (Å²) in [6.45, 7) is 7.11. The molecule has 45 heavy (non-hydrogen) atoms. The number of hydrogen-bond acceptors (Lipinski definition) is 9. The summed E-state index contributed by atoms with van der Waals surface area (Å²) in [5.74, 6) is -0.895. The number of amides is 1. The van der Waals surface area contributed by atoms with Gasteiger partial charge in [0.25, 0.3) is 5.91 Å². The van der Waals surface area contributed by atoms with Crippen LogP contribution in [-0.4, -0.2) is 72.0 Å². The molecule has 6 rings (SSSR count). The van der Waals surface area contributed by atoms with E-state index in [2.05, 4.69) is 35.1 Å². The third-order valence-corrected chi connectivity index (χ3v) is 8.56. The summed E-state index contributed by atoms with van der Waals surface area (Å²) in [5, 5.41) is 22.4. The number of anilines is 2. The van der Waals surface area contributed by atoms with Gasteiger partial charge in [0.05, 0.1) is 54.6 Å². The van der Waals surface area contributed by atoms with Crippen LogP contribution in [-0.2, 0) is 22.5 Å². The van der Waals surface area contributed by atoms with E-state index in [4.69, 9.17) is 19.9 Å². The number of halogens is 2. The van der Waals surface area contributed by atoms with E-state index in [1.54, 1.807) is 18.2 Å². The first-order chi connectivity index (χ1) is 21.7. The fourth-order valence-corrected chi connectivity index (χ4v) is 6.13. The van der Waals surface area contributed by atoms with Crippen molar-refractivity contribution in [2.24, 2.45) is 5.92 Å². The topological polar surface area (TPSA) is 127 Å². The third kappa shape index (κ3) is 6.23. The molecule has 0 atom stereocenters. The van der Waals surface area contributed by atoms with Crippen molar-refractivity contribution in [3.8, 4) is 22.9 Å². The first-order valence-electron chi connectivity index (χ1n) is 15.2. The number of nitrogens with one attached hydrogen (secondary N) is 2. The lowest BCUT2D eigenvalue weighted by molar-refractivity contribution is -0.121. The number of nitrogens with zero attached hydrogens (tertiary/aromatic N) is 5. The molecule has 12 heteroatoms. The Morgan fingerprint density at radius 1 is 1.20 bits per heavy atom. The minimum absolute atomic E-state index is 0.0745. The highest BCUT2D eigenvalue weighted by molar-refractivity contribution is 6.00. The Morgan fingerprint density at radius 3 is 2.62 bits per heavy atom. The maximum absolute atomic E-state index is 14.4. The van der Waals surface area contributed by atoms with Gasteiger partial charge in [0.1, 0.15) is 29.3 Å². The van der Waals surface area contributed by atoms with Crippen LogP contribution in [0.4, 0.5) is 20.3 Å². The molecule has 3 aliphatic rings. The summed E-state index contributed by atoms with van der Waals surface area (Å²) in [6, 6.07) is 8.89. The maximum atomic E-state index is 14.4. The number of piperidine rings is 1. The number of aromatic nitrogens is 2. The maximum Gasteiger partial charge on any atom is 0.265 e. The number of fused-ring (bicyclic) bond motifs is 1. The summed E-state index contributed by atoms with van der Waals surface area (Å²) < 4.78 is 39.0. The minimum Gasteiger partial charge on any atom is -0.482 e. The molecule has 0 spiro atoms. The molecule has 5 heterocycles. The van der Waals surface area contributed by atoms with Gasteiger partial charge >= 0.3 is 0 Å². The van der Waals surface area contributed by atoms with E-state index in [9.17, 15) is 18.8 Å². The largest absolute Gasteiger partial charge is 0.482 e. The number of hydrogen-bond donors (Lipinski definition) is 2. The molecule has 234 valence electrons. The van der Waals surface area contributed by atoms with E-state index in [0.717, 1.165) is 51.4 Å². The first kappa shape index (κ1) is 30.6. The van der Waals surface area contributed by atoms with Crippen molar-refractivity contribution < 1.29 is 23.0 Å². The lowest BCUT2D eigenvalue weighted by Crippen LogP contribution is -2.53. The van der Waals surface area contributed by atoms with Crippen molar-refractivity contribution in [1.82, 2.24) is 14.9 Å². The van der Waals surface area contributed by atoms with Crippen LogP contribution >= 0.6 is 0 Å². The molecule has 1 amide bonds. The standard InChI is InChI=1S/C33H35F2N7O3/c1-19(2)9-27-24(12-36)32(25(13-37)33(40-27)39-22-5-7-41(8-6-22)23-16-44-17-23)20-3-4-29-30(10-20)45-18-31(43)42(29)15-28-26(35)11-21(34)14-38-28/h3-4,10-11,13-14,19,22-23,37H,5-9,15-18H2,1-2H3,(H,39,40). The number of rotatable bonds is 9. The van der Waals surface area contributed by atoms with Crippen LogP contribution < -0.4 is 15.0 Å². The molecule has 1 aromatic carbocycles. The second kappa shape index (κ2) is 12.9. The fraction of sp³-hybridized carbons (Fsp3) is 0.424. The predicted molar refractivity (Wildman–Crippen MR) is 164 cm³/mol. The van der Waals surface area contributed by atoms with Crippen LogP contribution in [0.15, 0.2) is 30.5 Å². The highest BCUT2D eigenvalue weighted by Crippen LogP contribution is 2.40. The van der Waals surface area contributed by atoms with E-state index >= 15 is 0 Å². The molecule has 2 aromatic heterocycles. The van der Waals surface area contributed by atoms with Crippen LogP contribution in [0.5, 0.6) is 5.75 Å². The first-order valence-corrected chi connectivity index (χ1v) is 15.2. The molecule has 3 aliphatic heterocycles. The fourth-order valence-electron chi connectivity index (χ4n) is 6.13. The quantitative estimate of drug-likeness (QED) is 0.332. The van der Waals surface area contributed by atoms with Crippen molar-refractivity contribution in [2.75, 3.05) is 43.1 Å². The zero-order chi connectivity index (χ0) is 31.7. The van der Waals surface area contributed by atoms with Gasteiger partial charge in [-0.3, -0.25) is 19.6 Å². The van der Waals surface area contributed by atoms with Gasteiger partial charge in [0.2, 0.25) is 0 Å². The Balaban J connectivity index is 1.36. The number of carbonyl (C=O) groups is 1. The third-order valence-electron chi connectivity index (χ3n) is 8.56. The second-order valence-electron chi connectivity index (χ2n) is 12.1. The highest BCUT2D eigenvalue weighted by Gasteiger charge is 2.32. The molecule has 2 fully saturated rings. The van der Waals surface area contributed by atoms with Gasteiger partial charge in [-0.15, -0.1) is 0 Å². The summed E-state index contributed by atoms with van der Waals surface area (Å²) in [6.07, 6.45) is 4.55. The van der Waals surface area contributed by atoms with Crippen molar-refractivity contribution >= 4 is 23.6 Å². The number of pyridine rings is 2. The predicted octanol–water partition coefficient (Wildman–Crippen LogP) is 4.69. The zero-order valence-electron chi connectivity index (χ0n) is 25.3. The van der Waals surface area contributed by atoms with Gasteiger partial charge in [0.15, 0.2) is 6.61 Å². The lowest BCUT2D eigenvalue weighted by Gasteiger charge is -2.41. The minimum atomic E-state index is -0.848. The van der Waals surface area contributed by atoms with Gasteiger partial charge in [-0.25, -0.2) is 13.8 Å². The summed E-state index contributed by atoms with van der Waals surface area (Å²) >= 11 is 0. The second-order valence-corrected chi connectivity index (χ2v) is 12.1. The van der Waals surface area contributed by atoms with E-state index in [1.807, 2.05) is 0 Å². The Kier molecular flexibility index (Phi) is 8.74. The average molecular weight is 616 g/mol. The Morgan fingerprint density at radius 2 is 1.98 bits per heavy atom. The number of nitriles is 1. The Hall–Kier alpha value is -4.47. The molecule has 2 N–H and O–H groups in total. The molecule has 0 saturated carbocycles. The molecule has 0 unspecified atom stereocenters. The average Bonchev–Trinajstić information content (AvgIpc) is 2.99. The monoisotopic (exact) mass is 615 g/mol. The van der Waals surface area contributed by atoms with Crippen molar-refractivity contribution in [3.63, 3.8) is 0 Å². The van der Waals surface area contributed by atoms with E-state index in [-0.39, 0.29) is 30.8 Å². The van der Waals surface area contributed by atoms with E-state index in [0.29, 0.717) is 57.7 Å². The number of likely N-dealkylation sites (tertiary alicyclic amines) is 1. The van der Waals surface area contributed by atoms with E-state index in [1.165, 1.54) is 11.1 Å². The summed E-state index contributed by atoms with van der Waals surface area (Å²) in [5.41, 5.74) is 3.03. The van der Waals surface area contributed by atoms with Crippen molar-refractivity contribution in [2.45, 2.75) is 51.7 Å². The highest BCUT2D eigenvalue weighted by atomic mass is 19.1. The van der Waals surface area contributed by atoms with Crippen LogP contribution in [0.1, 0.15) is 49.2 Å². The SMILES string of the molecule is CC(C)Cc1nc(NC2CCN(C3COC3)CC2)c(C=N)c(-c2ccc3c(c2)OCC(=O)N3Cc2ncc(F)cc2F)c1C#N. The summed E-state index contributed by atoms with van der Waals surface area (Å²) in [4.78, 5) is 25.4. The number of carbonyl (C=O) groups excluding carboxylic acids is 1. The molecule has 2 saturated heterocycles. The van der Waals surface area contributed by atoms with Crippen molar-refractivity contribution in [3.05, 3.63) is 64.6 Å². The molecule has 10 nitrogen and oxygen atoms in total. The van der Waals surface area contributed by atoms with Crippen LogP contribution in [0, 0.1) is 34.3 Å². The molecular weight excluding hydrogens is 580 g/mol. The van der Waals surface area contributed by atoms with Gasteiger partial charge in [-0.2, -0.15) is 5.26 Å². The molecule has 0 radical (unpaired) electrons. The molecule has 0 bridgehead atoms. The van der Waals surface area contributed by atoms with Gasteiger partial charge in [-0.05, 0) is 42.9 Å². The molecule has 3 aromatic rings. The molecular formula is C33H35F2N7O3. The van der Waals surface area contributed by atoms with Gasteiger partial charge < -0.3 is 20.2 Å². The van der Waals surface area contributed by atoms with Crippen LogP contribution in [0.3, 0.4) is 0 Å². The van der Waals surface area contributed by atoms with Crippen molar-refractivity contribution in [1.29, 1.82) is 10.7 Å². The van der Waals surface area contributed by atoms with Gasteiger partial charge in [0, 0.05) is 42.5 Å². The van der Waals surface area contributed by atoms with Gasteiger partial charge in [-0.1, -0.05) is 19.9 Å². The van der Waals surface area contributed by atoms with Crippen LogP contribution in [0.25, 0.3) is 11.1 Å².